The zero-order valence-corrected chi connectivity index (χ0v) is 15.9. The molecule has 2 aromatic carbocycles. The Morgan fingerprint density at radius 2 is 1.92 bits per heavy atom. The predicted octanol–water partition coefficient (Wildman–Crippen LogP) is 5.02. The normalized spacial score (nSPS) is 10.9. The number of nitriles is 1. The number of benzene rings is 2. The maximum Gasteiger partial charge on any atom is 0.266 e. The maximum absolute atomic E-state index is 12.3. The summed E-state index contributed by atoms with van der Waals surface area (Å²) >= 11 is 15.0. The van der Waals surface area contributed by atoms with Gasteiger partial charge in [0.15, 0.2) is 11.5 Å². The Morgan fingerprint density at radius 3 is 2.48 bits per heavy atom. The first-order valence-corrected chi connectivity index (χ1v) is 8.34. The number of nitrogens with one attached hydrogen (secondary N) is 1. The van der Waals surface area contributed by atoms with Crippen LogP contribution in [0.5, 0.6) is 11.5 Å². The third-order valence-corrected chi connectivity index (χ3v) is 4.11. The average molecular weight is 442 g/mol. The predicted molar refractivity (Wildman–Crippen MR) is 101 cm³/mol. The Bertz CT molecular complexity index is 887. The van der Waals surface area contributed by atoms with E-state index in [1.165, 1.54) is 37.5 Å². The van der Waals surface area contributed by atoms with Crippen LogP contribution in [0.3, 0.4) is 0 Å². The number of nitrogens with zero attached hydrogens (tertiary/aromatic N) is 1. The molecule has 0 fully saturated rings. The molecule has 5 nitrogen and oxygen atoms in total. The molecule has 0 radical (unpaired) electrons. The third-order valence-electron chi connectivity index (χ3n) is 3.07. The fourth-order valence-corrected chi connectivity index (χ4v) is 2.96. The van der Waals surface area contributed by atoms with Crippen LogP contribution >= 0.6 is 39.1 Å². The fraction of sp³-hybridized carbons (Fsp3) is 0.0588. The van der Waals surface area contributed by atoms with E-state index in [1.54, 1.807) is 6.07 Å². The van der Waals surface area contributed by atoms with Crippen molar-refractivity contribution in [3.63, 3.8) is 0 Å². The first-order valence-electron chi connectivity index (χ1n) is 6.79. The lowest BCUT2D eigenvalue weighted by atomic mass is 10.1. The van der Waals surface area contributed by atoms with E-state index >= 15 is 0 Å². The van der Waals surface area contributed by atoms with Gasteiger partial charge < -0.3 is 15.2 Å². The van der Waals surface area contributed by atoms with Gasteiger partial charge in [0.2, 0.25) is 0 Å². The lowest BCUT2D eigenvalue weighted by Crippen LogP contribution is -2.13. The number of aromatic hydroxyl groups is 1. The molecule has 2 rings (SSSR count). The molecule has 25 heavy (non-hydrogen) atoms. The Balaban J connectivity index is 2.32. The van der Waals surface area contributed by atoms with Crippen LogP contribution in [0.2, 0.25) is 10.0 Å². The van der Waals surface area contributed by atoms with E-state index in [0.29, 0.717) is 25.8 Å². The highest BCUT2D eigenvalue weighted by Gasteiger charge is 2.13. The van der Waals surface area contributed by atoms with Crippen molar-refractivity contribution in [1.82, 2.24) is 0 Å². The molecular weight excluding hydrogens is 431 g/mol. The number of carbonyl (C=O) groups excluding carboxylic acids is 1. The number of anilines is 1. The smallest absolute Gasteiger partial charge is 0.266 e. The number of hydrogen-bond acceptors (Lipinski definition) is 4. The molecule has 0 aliphatic carbocycles. The summed E-state index contributed by atoms with van der Waals surface area (Å²) in [5, 5.41) is 22.4. The van der Waals surface area contributed by atoms with Crippen molar-refractivity contribution >= 4 is 56.8 Å². The van der Waals surface area contributed by atoms with E-state index in [-0.39, 0.29) is 17.1 Å². The summed E-state index contributed by atoms with van der Waals surface area (Å²) in [4.78, 5) is 12.3. The van der Waals surface area contributed by atoms with Crippen LogP contribution in [-0.4, -0.2) is 18.1 Å². The van der Waals surface area contributed by atoms with Crippen LogP contribution in [0.4, 0.5) is 5.69 Å². The van der Waals surface area contributed by atoms with Gasteiger partial charge in [0, 0.05) is 15.7 Å². The molecule has 0 atom stereocenters. The van der Waals surface area contributed by atoms with Crippen LogP contribution < -0.4 is 10.1 Å². The SMILES string of the molecule is COc1cc(/C=C(\C#N)C(=O)Nc2cc(Cl)cc(Cl)c2)cc(Br)c1O. The summed E-state index contributed by atoms with van der Waals surface area (Å²) in [7, 11) is 1.40. The molecule has 0 saturated carbocycles. The molecule has 0 spiro atoms. The van der Waals surface area contributed by atoms with Gasteiger partial charge in [0.1, 0.15) is 11.6 Å². The lowest BCUT2D eigenvalue weighted by Gasteiger charge is -2.08. The van der Waals surface area contributed by atoms with Crippen molar-refractivity contribution in [3.05, 3.63) is 56.0 Å². The van der Waals surface area contributed by atoms with Crippen LogP contribution in [0.15, 0.2) is 40.4 Å². The average Bonchev–Trinajstić information content (AvgIpc) is 2.54. The standard InChI is InChI=1S/C17H11BrCl2N2O3/c1-25-15-4-9(3-14(18)16(15)23)2-10(8-21)17(24)22-13-6-11(19)5-12(20)7-13/h2-7,23H,1H3,(H,22,24)/b10-2+. The van der Waals surface area contributed by atoms with Crippen LogP contribution in [0.25, 0.3) is 6.08 Å². The van der Waals surface area contributed by atoms with Crippen molar-refractivity contribution in [2.75, 3.05) is 12.4 Å². The van der Waals surface area contributed by atoms with Crippen LogP contribution in [-0.2, 0) is 4.79 Å². The van der Waals surface area contributed by atoms with Gasteiger partial charge in [-0.1, -0.05) is 23.2 Å². The van der Waals surface area contributed by atoms with E-state index in [4.69, 9.17) is 27.9 Å². The van der Waals surface area contributed by atoms with Gasteiger partial charge >= 0.3 is 0 Å². The largest absolute Gasteiger partial charge is 0.503 e. The summed E-state index contributed by atoms with van der Waals surface area (Å²) in [5.74, 6) is -0.486. The first kappa shape index (κ1) is 19.1. The van der Waals surface area contributed by atoms with E-state index in [9.17, 15) is 15.2 Å². The summed E-state index contributed by atoms with van der Waals surface area (Å²) < 4.78 is 5.41. The number of phenols is 1. The maximum atomic E-state index is 12.3. The molecule has 0 aliphatic heterocycles. The van der Waals surface area contributed by atoms with E-state index in [1.807, 2.05) is 6.07 Å². The van der Waals surface area contributed by atoms with Crippen molar-refractivity contribution < 1.29 is 14.6 Å². The highest BCUT2D eigenvalue weighted by molar-refractivity contribution is 9.10. The number of halogens is 3. The van der Waals surface area contributed by atoms with Crippen LogP contribution in [0, 0.1) is 11.3 Å². The van der Waals surface area contributed by atoms with Gasteiger partial charge in [-0.05, 0) is 57.9 Å². The summed E-state index contributed by atoms with van der Waals surface area (Å²) in [6.07, 6.45) is 1.37. The molecule has 0 heterocycles. The molecule has 128 valence electrons. The molecule has 0 aromatic heterocycles. The highest BCUT2D eigenvalue weighted by atomic mass is 79.9. The Kier molecular flexibility index (Phi) is 6.32. The number of carbonyl (C=O) groups is 1. The molecular formula is C17H11BrCl2N2O3. The molecule has 8 heteroatoms. The lowest BCUT2D eigenvalue weighted by molar-refractivity contribution is -0.112. The quantitative estimate of drug-likeness (QED) is 0.515. The van der Waals surface area contributed by atoms with Gasteiger partial charge in [-0.25, -0.2) is 0 Å². The molecule has 0 bridgehead atoms. The molecule has 0 unspecified atom stereocenters. The zero-order valence-electron chi connectivity index (χ0n) is 12.8. The minimum Gasteiger partial charge on any atom is -0.503 e. The zero-order chi connectivity index (χ0) is 18.6. The first-order chi connectivity index (χ1) is 11.8. The molecule has 1 amide bonds. The van der Waals surface area contributed by atoms with Gasteiger partial charge in [0.25, 0.3) is 5.91 Å². The van der Waals surface area contributed by atoms with Crippen molar-refractivity contribution in [2.24, 2.45) is 0 Å². The number of methoxy groups -OCH3 is 1. The fourth-order valence-electron chi connectivity index (χ4n) is 1.97. The Hall–Kier alpha value is -2.20. The monoisotopic (exact) mass is 440 g/mol. The molecule has 0 aliphatic rings. The second kappa shape index (κ2) is 8.26. The minimum absolute atomic E-state index is 0.0730. The van der Waals surface area contributed by atoms with Gasteiger partial charge in [0.05, 0.1) is 11.6 Å². The second-order valence-electron chi connectivity index (χ2n) is 4.84. The molecule has 2 N–H and O–H groups in total. The van der Waals surface area contributed by atoms with Crippen molar-refractivity contribution in [3.8, 4) is 17.6 Å². The Labute approximate surface area is 162 Å². The summed E-state index contributed by atoms with van der Waals surface area (Å²) in [5.41, 5.74) is 0.723. The second-order valence-corrected chi connectivity index (χ2v) is 6.56. The van der Waals surface area contributed by atoms with Gasteiger partial charge in [-0.15, -0.1) is 0 Å². The van der Waals surface area contributed by atoms with Crippen molar-refractivity contribution in [2.45, 2.75) is 0 Å². The van der Waals surface area contributed by atoms with E-state index in [0.717, 1.165) is 0 Å². The number of amides is 1. The number of rotatable bonds is 4. The topological polar surface area (TPSA) is 82.3 Å². The van der Waals surface area contributed by atoms with Gasteiger partial charge in [-0.3, -0.25) is 4.79 Å². The number of hydrogen-bond donors (Lipinski definition) is 2. The summed E-state index contributed by atoms with van der Waals surface area (Å²) in [6.45, 7) is 0. The third kappa shape index (κ3) is 4.89. The van der Waals surface area contributed by atoms with Crippen molar-refractivity contribution in [1.29, 1.82) is 5.26 Å². The molecule has 2 aromatic rings. The molecule has 0 saturated heterocycles. The highest BCUT2D eigenvalue weighted by Crippen LogP contribution is 2.35. The van der Waals surface area contributed by atoms with E-state index in [2.05, 4.69) is 21.2 Å². The van der Waals surface area contributed by atoms with Gasteiger partial charge in [-0.2, -0.15) is 5.26 Å². The minimum atomic E-state index is -0.621. The Morgan fingerprint density at radius 1 is 1.28 bits per heavy atom. The number of phenolic OH excluding ortho intramolecular Hbond substituents is 1. The summed E-state index contributed by atoms with van der Waals surface area (Å²) in [6, 6.07) is 9.45. The number of ether oxygens (including phenoxy) is 1. The van der Waals surface area contributed by atoms with Crippen LogP contribution in [0.1, 0.15) is 5.56 Å². The van der Waals surface area contributed by atoms with E-state index < -0.39 is 5.91 Å².